The maximum absolute atomic E-state index is 5.67. The minimum absolute atomic E-state index is 0.267. The molecule has 2 heteroatoms. The lowest BCUT2D eigenvalue weighted by Gasteiger charge is -2.11. The molecule has 0 bridgehead atoms. The molecule has 2 N–H and O–H groups in total. The predicted octanol–water partition coefficient (Wildman–Crippen LogP) is 2.31. The van der Waals surface area contributed by atoms with Gasteiger partial charge in [0.05, 0.1) is 4.05 Å². The zero-order valence-corrected chi connectivity index (χ0v) is 8.13. The minimum Gasteiger partial charge on any atom is -0.319 e. The second-order valence-corrected chi connectivity index (χ2v) is 3.48. The van der Waals surface area contributed by atoms with E-state index in [0.29, 0.717) is 5.92 Å². The fraction of sp³-hybridized carbons (Fsp3) is 0.714. The van der Waals surface area contributed by atoms with Crippen LogP contribution < -0.4 is 5.73 Å². The van der Waals surface area contributed by atoms with Gasteiger partial charge in [0, 0.05) is 5.92 Å². The van der Waals surface area contributed by atoms with E-state index in [2.05, 4.69) is 41.7 Å². The van der Waals surface area contributed by atoms with Crippen LogP contribution in [0.1, 0.15) is 20.3 Å². The zero-order chi connectivity index (χ0) is 7.28. The van der Waals surface area contributed by atoms with Gasteiger partial charge >= 0.3 is 0 Å². The van der Waals surface area contributed by atoms with Crippen molar-refractivity contribution in [2.24, 2.45) is 11.7 Å². The molecular weight excluding hydrogens is 225 g/mol. The molecule has 2 unspecified atom stereocenters. The Morgan fingerprint density at radius 2 is 2.22 bits per heavy atom. The Hall–Kier alpha value is 0.430. The van der Waals surface area contributed by atoms with Crippen LogP contribution in [0.25, 0.3) is 0 Å². The molecule has 0 radical (unpaired) electrons. The molecule has 9 heavy (non-hydrogen) atoms. The van der Waals surface area contributed by atoms with Gasteiger partial charge in [-0.25, -0.2) is 0 Å². The summed E-state index contributed by atoms with van der Waals surface area (Å²) in [5.41, 5.74) is 5.67. The Morgan fingerprint density at radius 1 is 1.67 bits per heavy atom. The molecule has 0 amide bonds. The van der Waals surface area contributed by atoms with Gasteiger partial charge in [0.2, 0.25) is 0 Å². The molecule has 1 nitrogen and oxygen atoms in total. The second-order valence-electron chi connectivity index (χ2n) is 2.04. The van der Waals surface area contributed by atoms with Gasteiger partial charge in [-0.1, -0.05) is 41.7 Å². The first-order valence-electron chi connectivity index (χ1n) is 3.24. The normalized spacial score (nSPS) is 18.2. The molecular formula is C7H14IN. The van der Waals surface area contributed by atoms with E-state index in [-0.39, 0.29) is 4.05 Å². The monoisotopic (exact) mass is 239 g/mol. The molecule has 0 aliphatic carbocycles. The molecule has 0 fully saturated rings. The van der Waals surface area contributed by atoms with Gasteiger partial charge in [0.25, 0.3) is 0 Å². The Morgan fingerprint density at radius 3 is 2.33 bits per heavy atom. The third-order valence-electron chi connectivity index (χ3n) is 1.32. The summed E-state index contributed by atoms with van der Waals surface area (Å²) >= 11 is 2.25. The van der Waals surface area contributed by atoms with Gasteiger partial charge in [-0.15, -0.1) is 0 Å². The van der Waals surface area contributed by atoms with Crippen LogP contribution >= 0.6 is 22.6 Å². The highest BCUT2D eigenvalue weighted by Gasteiger charge is 2.06. The van der Waals surface area contributed by atoms with E-state index < -0.39 is 0 Å². The van der Waals surface area contributed by atoms with Crippen LogP contribution in [-0.4, -0.2) is 4.05 Å². The lowest BCUT2D eigenvalue weighted by atomic mass is 10.1. The van der Waals surface area contributed by atoms with E-state index in [9.17, 15) is 0 Å². The number of hydrogen-bond donors (Lipinski definition) is 1. The van der Waals surface area contributed by atoms with Crippen LogP contribution in [0.3, 0.4) is 0 Å². The number of alkyl halides is 1. The molecule has 0 aromatic heterocycles. The first-order chi connectivity index (χ1) is 4.22. The highest BCUT2D eigenvalue weighted by Crippen LogP contribution is 2.13. The fourth-order valence-corrected chi connectivity index (χ4v) is 1.46. The van der Waals surface area contributed by atoms with Crippen LogP contribution in [0.15, 0.2) is 12.2 Å². The van der Waals surface area contributed by atoms with Gasteiger partial charge < -0.3 is 5.73 Å². The Kier molecular flexibility index (Phi) is 5.48. The van der Waals surface area contributed by atoms with E-state index in [4.69, 9.17) is 5.73 Å². The number of hydrogen-bond acceptors (Lipinski definition) is 1. The highest BCUT2D eigenvalue weighted by atomic mass is 127. The number of rotatable bonds is 3. The molecule has 0 spiro atoms. The standard InChI is InChI=1S/C7H14IN/c1-3-5-6(4-2)7(8)9/h3,5-7H,4,9H2,1-2H3/b5-3-. The largest absolute Gasteiger partial charge is 0.319 e. The van der Waals surface area contributed by atoms with Crippen LogP contribution in [0.2, 0.25) is 0 Å². The summed E-state index contributed by atoms with van der Waals surface area (Å²) in [4.78, 5) is 0. The van der Waals surface area contributed by atoms with Crippen molar-refractivity contribution in [3.05, 3.63) is 12.2 Å². The summed E-state index contributed by atoms with van der Waals surface area (Å²) in [5.74, 6) is 0.551. The molecule has 0 saturated carbocycles. The third kappa shape index (κ3) is 3.92. The van der Waals surface area contributed by atoms with Crippen LogP contribution in [-0.2, 0) is 0 Å². The minimum atomic E-state index is 0.267. The lowest BCUT2D eigenvalue weighted by molar-refractivity contribution is 0.621. The molecule has 0 aliphatic rings. The van der Waals surface area contributed by atoms with Crippen molar-refractivity contribution in [3.63, 3.8) is 0 Å². The average molecular weight is 239 g/mol. The van der Waals surface area contributed by atoms with Gasteiger partial charge in [0.15, 0.2) is 0 Å². The van der Waals surface area contributed by atoms with E-state index in [1.807, 2.05) is 6.92 Å². The highest BCUT2D eigenvalue weighted by molar-refractivity contribution is 14.1. The van der Waals surface area contributed by atoms with E-state index in [0.717, 1.165) is 6.42 Å². The summed E-state index contributed by atoms with van der Waals surface area (Å²) in [6.07, 6.45) is 5.36. The van der Waals surface area contributed by atoms with E-state index in [1.165, 1.54) is 0 Å². The maximum Gasteiger partial charge on any atom is 0.0631 e. The third-order valence-corrected chi connectivity index (χ3v) is 2.24. The summed E-state index contributed by atoms with van der Waals surface area (Å²) in [5, 5.41) is 0. The van der Waals surface area contributed by atoms with Crippen LogP contribution in [0.4, 0.5) is 0 Å². The lowest BCUT2D eigenvalue weighted by Crippen LogP contribution is -2.20. The fourth-order valence-electron chi connectivity index (χ4n) is 0.715. The van der Waals surface area contributed by atoms with Crippen molar-refractivity contribution in [3.8, 4) is 0 Å². The summed E-state index contributed by atoms with van der Waals surface area (Å²) in [6, 6.07) is 0. The SMILES string of the molecule is C/C=C\C(CC)C(N)I. The Bertz CT molecular complexity index is 88.9. The molecule has 0 aliphatic heterocycles. The summed E-state index contributed by atoms with van der Waals surface area (Å²) in [7, 11) is 0. The quantitative estimate of drug-likeness (QED) is 0.348. The van der Waals surface area contributed by atoms with Gasteiger partial charge in [-0.05, 0) is 13.3 Å². The van der Waals surface area contributed by atoms with Crippen molar-refractivity contribution < 1.29 is 0 Å². The van der Waals surface area contributed by atoms with Crippen molar-refractivity contribution in [1.29, 1.82) is 0 Å². The van der Waals surface area contributed by atoms with Gasteiger partial charge in [-0.2, -0.15) is 0 Å². The smallest absolute Gasteiger partial charge is 0.0631 e. The van der Waals surface area contributed by atoms with Crippen molar-refractivity contribution in [1.82, 2.24) is 0 Å². The summed E-state index contributed by atoms with van der Waals surface area (Å²) in [6.45, 7) is 4.19. The second kappa shape index (κ2) is 5.23. The predicted molar refractivity (Wildman–Crippen MR) is 50.6 cm³/mol. The average Bonchev–Trinajstić information content (AvgIpc) is 1.82. The maximum atomic E-state index is 5.67. The van der Waals surface area contributed by atoms with E-state index >= 15 is 0 Å². The molecule has 54 valence electrons. The Labute approximate surface area is 70.8 Å². The number of halogens is 1. The molecule has 0 aromatic rings. The first-order valence-corrected chi connectivity index (χ1v) is 4.49. The topological polar surface area (TPSA) is 26.0 Å². The van der Waals surface area contributed by atoms with Crippen molar-refractivity contribution in [2.75, 3.05) is 0 Å². The van der Waals surface area contributed by atoms with E-state index in [1.54, 1.807) is 0 Å². The van der Waals surface area contributed by atoms with Gasteiger partial charge in [-0.3, -0.25) is 0 Å². The van der Waals surface area contributed by atoms with Crippen LogP contribution in [0.5, 0.6) is 0 Å². The number of nitrogens with two attached hydrogens (primary N) is 1. The first kappa shape index (κ1) is 9.43. The number of allylic oxidation sites excluding steroid dienone is 1. The van der Waals surface area contributed by atoms with Crippen LogP contribution in [0, 0.1) is 5.92 Å². The molecule has 0 saturated heterocycles. The van der Waals surface area contributed by atoms with Gasteiger partial charge in [0.1, 0.15) is 0 Å². The zero-order valence-electron chi connectivity index (χ0n) is 5.97. The van der Waals surface area contributed by atoms with Crippen molar-refractivity contribution in [2.45, 2.75) is 24.3 Å². The Balaban J connectivity index is 3.68. The molecule has 0 aromatic carbocycles. The molecule has 0 heterocycles. The van der Waals surface area contributed by atoms with Crippen molar-refractivity contribution >= 4 is 22.6 Å². The molecule has 2 atom stereocenters. The molecule has 0 rings (SSSR count). The summed E-state index contributed by atoms with van der Waals surface area (Å²) < 4.78 is 0.267.